The fourth-order valence-corrected chi connectivity index (χ4v) is 1.55. The zero-order chi connectivity index (χ0) is 13.7. The summed E-state index contributed by atoms with van der Waals surface area (Å²) in [5, 5.41) is 3.22. The van der Waals surface area contributed by atoms with E-state index >= 15 is 0 Å². The van der Waals surface area contributed by atoms with Crippen molar-refractivity contribution < 1.29 is 9.53 Å². The monoisotopic (exact) mass is 248 g/mol. The lowest BCUT2D eigenvalue weighted by Gasteiger charge is -2.11. The number of rotatable bonds is 4. The minimum atomic E-state index is -0.415. The average molecular weight is 248 g/mol. The van der Waals surface area contributed by atoms with E-state index in [2.05, 4.69) is 11.4 Å². The maximum Gasteiger partial charge on any atom is 0.340 e. The molecule has 0 aliphatic heterocycles. The number of nitrogen functional groups attached to an aromatic ring is 1. The Balaban J connectivity index is 2.97. The summed E-state index contributed by atoms with van der Waals surface area (Å²) < 4.78 is 4.71. The highest BCUT2D eigenvalue weighted by Gasteiger charge is 2.13. The molecule has 4 nitrogen and oxygen atoms in total. The fraction of sp³-hybridized carbons (Fsp3) is 0.357. The summed E-state index contributed by atoms with van der Waals surface area (Å²) >= 11 is 0. The molecular weight excluding hydrogens is 228 g/mol. The summed E-state index contributed by atoms with van der Waals surface area (Å²) in [7, 11) is 1.35. The minimum absolute atomic E-state index is 0.400. The number of esters is 1. The van der Waals surface area contributed by atoms with Crippen molar-refractivity contribution in [2.45, 2.75) is 20.8 Å². The van der Waals surface area contributed by atoms with E-state index in [1.807, 2.05) is 26.8 Å². The van der Waals surface area contributed by atoms with Crippen molar-refractivity contribution in [1.29, 1.82) is 0 Å². The van der Waals surface area contributed by atoms with E-state index in [9.17, 15) is 4.79 Å². The van der Waals surface area contributed by atoms with Crippen molar-refractivity contribution >= 4 is 17.3 Å². The van der Waals surface area contributed by atoms with Crippen LogP contribution in [0.2, 0.25) is 0 Å². The molecular formula is C14H20N2O2. The molecule has 98 valence electrons. The Morgan fingerprint density at radius 1 is 1.44 bits per heavy atom. The maximum absolute atomic E-state index is 11.6. The summed E-state index contributed by atoms with van der Waals surface area (Å²) in [4.78, 5) is 11.6. The predicted molar refractivity (Wildman–Crippen MR) is 74.9 cm³/mol. The van der Waals surface area contributed by atoms with Gasteiger partial charge in [0.1, 0.15) is 0 Å². The average Bonchev–Trinajstić information content (AvgIpc) is 2.32. The Morgan fingerprint density at radius 2 is 2.11 bits per heavy atom. The number of hydrogen-bond acceptors (Lipinski definition) is 4. The third-order valence-corrected chi connectivity index (χ3v) is 2.61. The molecule has 0 amide bonds. The number of aryl methyl sites for hydroxylation is 1. The normalized spacial score (nSPS) is 9.78. The molecule has 4 heteroatoms. The number of carbonyl (C=O) groups is 1. The first-order valence-electron chi connectivity index (χ1n) is 5.81. The van der Waals surface area contributed by atoms with Gasteiger partial charge < -0.3 is 15.8 Å². The molecule has 1 aromatic rings. The van der Waals surface area contributed by atoms with Crippen LogP contribution in [0, 0.1) is 6.92 Å². The molecule has 0 spiro atoms. The number of allylic oxidation sites excluding steroid dienone is 1. The van der Waals surface area contributed by atoms with Crippen LogP contribution < -0.4 is 11.1 Å². The predicted octanol–water partition coefficient (Wildman–Crippen LogP) is 2.74. The Kier molecular flexibility index (Phi) is 4.77. The molecule has 1 rings (SSSR count). The smallest absolute Gasteiger partial charge is 0.340 e. The Bertz CT molecular complexity index is 475. The Hall–Kier alpha value is -1.97. The summed E-state index contributed by atoms with van der Waals surface area (Å²) in [5.41, 5.74) is 9.69. The lowest BCUT2D eigenvalue weighted by molar-refractivity contribution is 0.0602. The van der Waals surface area contributed by atoms with Gasteiger partial charge in [-0.15, -0.1) is 0 Å². The second-order valence-corrected chi connectivity index (χ2v) is 4.41. The number of anilines is 2. The molecule has 0 saturated carbocycles. The van der Waals surface area contributed by atoms with Crippen LogP contribution in [0.5, 0.6) is 0 Å². The zero-order valence-corrected chi connectivity index (χ0v) is 11.3. The molecule has 18 heavy (non-hydrogen) atoms. The molecule has 0 fully saturated rings. The van der Waals surface area contributed by atoms with Crippen LogP contribution in [-0.2, 0) is 4.74 Å². The van der Waals surface area contributed by atoms with Crippen molar-refractivity contribution in [3.63, 3.8) is 0 Å². The number of ether oxygens (including phenoxy) is 1. The van der Waals surface area contributed by atoms with Gasteiger partial charge in [-0.25, -0.2) is 4.79 Å². The van der Waals surface area contributed by atoms with E-state index in [1.165, 1.54) is 12.7 Å². The highest BCUT2D eigenvalue weighted by atomic mass is 16.5. The second kappa shape index (κ2) is 6.10. The molecule has 0 bridgehead atoms. The van der Waals surface area contributed by atoms with Gasteiger partial charge >= 0.3 is 5.97 Å². The Labute approximate surface area is 108 Å². The standard InChI is InChI=1S/C14H20N2O2/c1-9(2)5-6-16-11-7-10(3)13(15)12(8-11)14(17)18-4/h5,7-8,16H,6,15H2,1-4H3. The lowest BCUT2D eigenvalue weighted by atomic mass is 10.1. The van der Waals surface area contributed by atoms with Gasteiger partial charge in [-0.2, -0.15) is 0 Å². The summed E-state index contributed by atoms with van der Waals surface area (Å²) in [6.45, 7) is 6.66. The van der Waals surface area contributed by atoms with Gasteiger partial charge in [-0.05, 0) is 38.5 Å². The van der Waals surface area contributed by atoms with Crippen molar-refractivity contribution in [2.24, 2.45) is 0 Å². The number of methoxy groups -OCH3 is 1. The maximum atomic E-state index is 11.6. The van der Waals surface area contributed by atoms with Gasteiger partial charge in [-0.1, -0.05) is 11.6 Å². The van der Waals surface area contributed by atoms with E-state index in [4.69, 9.17) is 10.5 Å². The molecule has 3 N–H and O–H groups in total. The van der Waals surface area contributed by atoms with E-state index in [-0.39, 0.29) is 0 Å². The summed E-state index contributed by atoms with van der Waals surface area (Å²) in [5.74, 6) is -0.415. The van der Waals surface area contributed by atoms with E-state index < -0.39 is 5.97 Å². The van der Waals surface area contributed by atoms with Crippen LogP contribution in [0.3, 0.4) is 0 Å². The van der Waals surface area contributed by atoms with E-state index in [1.54, 1.807) is 6.07 Å². The molecule has 0 unspecified atom stereocenters. The van der Waals surface area contributed by atoms with Crippen molar-refractivity contribution in [2.75, 3.05) is 24.7 Å². The molecule has 1 aromatic carbocycles. The van der Waals surface area contributed by atoms with E-state index in [0.717, 1.165) is 11.3 Å². The number of carbonyl (C=O) groups excluding carboxylic acids is 1. The van der Waals surface area contributed by atoms with Gasteiger partial charge in [0.2, 0.25) is 0 Å². The number of benzene rings is 1. The SMILES string of the molecule is COC(=O)c1cc(NCC=C(C)C)cc(C)c1N. The van der Waals surface area contributed by atoms with Gasteiger partial charge in [0.25, 0.3) is 0 Å². The summed E-state index contributed by atoms with van der Waals surface area (Å²) in [6, 6.07) is 3.63. The van der Waals surface area contributed by atoms with Gasteiger partial charge in [0.05, 0.1) is 12.7 Å². The lowest BCUT2D eigenvalue weighted by Crippen LogP contribution is -2.09. The highest BCUT2D eigenvalue weighted by molar-refractivity contribution is 5.97. The number of nitrogens with two attached hydrogens (primary N) is 1. The minimum Gasteiger partial charge on any atom is -0.465 e. The van der Waals surface area contributed by atoms with Gasteiger partial charge in [-0.3, -0.25) is 0 Å². The molecule has 0 aliphatic rings. The molecule has 0 saturated heterocycles. The summed E-state index contributed by atoms with van der Waals surface area (Å²) in [6.07, 6.45) is 2.07. The third-order valence-electron chi connectivity index (χ3n) is 2.61. The first-order chi connectivity index (χ1) is 8.45. The Morgan fingerprint density at radius 3 is 2.67 bits per heavy atom. The molecule has 0 radical (unpaired) electrons. The van der Waals surface area contributed by atoms with E-state index in [0.29, 0.717) is 17.8 Å². The fourth-order valence-electron chi connectivity index (χ4n) is 1.55. The molecule has 0 aromatic heterocycles. The van der Waals surface area contributed by atoms with Crippen molar-refractivity contribution in [1.82, 2.24) is 0 Å². The molecule has 0 atom stereocenters. The van der Waals surface area contributed by atoms with Crippen LogP contribution >= 0.6 is 0 Å². The first-order valence-corrected chi connectivity index (χ1v) is 5.81. The first kappa shape index (κ1) is 14.1. The van der Waals surface area contributed by atoms with Gasteiger partial charge in [0.15, 0.2) is 0 Å². The van der Waals surface area contributed by atoms with Crippen LogP contribution in [0.15, 0.2) is 23.8 Å². The van der Waals surface area contributed by atoms with Crippen molar-refractivity contribution in [3.8, 4) is 0 Å². The quantitative estimate of drug-likeness (QED) is 0.488. The second-order valence-electron chi connectivity index (χ2n) is 4.41. The van der Waals surface area contributed by atoms with Crippen LogP contribution in [-0.4, -0.2) is 19.6 Å². The van der Waals surface area contributed by atoms with Crippen LogP contribution in [0.1, 0.15) is 29.8 Å². The number of nitrogens with one attached hydrogen (secondary N) is 1. The molecule has 0 aliphatic carbocycles. The van der Waals surface area contributed by atoms with Crippen LogP contribution in [0.4, 0.5) is 11.4 Å². The van der Waals surface area contributed by atoms with Crippen molar-refractivity contribution in [3.05, 3.63) is 34.9 Å². The number of hydrogen-bond donors (Lipinski definition) is 2. The zero-order valence-electron chi connectivity index (χ0n) is 11.3. The molecule has 0 heterocycles. The topological polar surface area (TPSA) is 64.3 Å². The van der Waals surface area contributed by atoms with Crippen LogP contribution in [0.25, 0.3) is 0 Å². The highest BCUT2D eigenvalue weighted by Crippen LogP contribution is 2.23. The van der Waals surface area contributed by atoms with Gasteiger partial charge in [0, 0.05) is 17.9 Å². The third kappa shape index (κ3) is 3.52. The largest absolute Gasteiger partial charge is 0.465 e.